The Hall–Kier alpha value is -2.70. The number of carbonyl (C=O) groups excluding carboxylic acids is 1. The maximum Gasteiger partial charge on any atom is 0.308 e. The van der Waals surface area contributed by atoms with Gasteiger partial charge in [0.05, 0.1) is 13.7 Å². The molecular weight excluding hydrogens is 385 g/mol. The number of benzene rings is 3. The third-order valence-corrected chi connectivity index (χ3v) is 6.46. The number of ether oxygens (including phenoxy) is 2. The summed E-state index contributed by atoms with van der Waals surface area (Å²) in [5, 5.41) is 13.3. The number of esters is 1. The van der Waals surface area contributed by atoms with Crippen molar-refractivity contribution in [1.29, 1.82) is 0 Å². The van der Waals surface area contributed by atoms with Crippen LogP contribution >= 0.6 is 0 Å². The van der Waals surface area contributed by atoms with Crippen molar-refractivity contribution in [2.75, 3.05) is 13.7 Å². The van der Waals surface area contributed by atoms with Gasteiger partial charge >= 0.3 is 5.97 Å². The molecule has 0 radical (unpaired) electrons. The van der Waals surface area contributed by atoms with Crippen LogP contribution in [0.15, 0.2) is 30.3 Å². The van der Waals surface area contributed by atoms with Crippen molar-refractivity contribution in [3.63, 3.8) is 0 Å². The highest BCUT2D eigenvalue weighted by Gasteiger charge is 2.40. The number of nitrogens with zero attached hydrogens (tertiary/aromatic N) is 1. The summed E-state index contributed by atoms with van der Waals surface area (Å²) < 4.78 is 26.6. The molecule has 2 atom stereocenters. The molecule has 1 unspecified atom stereocenters. The molecule has 2 heterocycles. The van der Waals surface area contributed by atoms with E-state index in [1.165, 1.54) is 6.92 Å². The molecule has 2 aliphatic rings. The highest BCUT2D eigenvalue weighted by Crippen LogP contribution is 2.47. The fourth-order valence-corrected chi connectivity index (χ4v) is 5.19. The van der Waals surface area contributed by atoms with Crippen molar-refractivity contribution < 1.29 is 23.8 Å². The molecule has 5 nitrogen and oxygen atoms in total. The van der Waals surface area contributed by atoms with Crippen LogP contribution in [0.3, 0.4) is 0 Å². The molecule has 0 aliphatic carbocycles. The lowest BCUT2D eigenvalue weighted by Gasteiger charge is -2.36. The molecule has 6 heteroatoms. The van der Waals surface area contributed by atoms with Gasteiger partial charge in [0.2, 0.25) is 0 Å². The molecule has 0 bridgehead atoms. The molecule has 0 saturated carbocycles. The summed E-state index contributed by atoms with van der Waals surface area (Å²) in [5.74, 6) is 0.604. The van der Waals surface area contributed by atoms with E-state index in [1.807, 2.05) is 18.2 Å². The molecule has 3 aromatic rings. The molecule has 1 N–H and O–H groups in total. The van der Waals surface area contributed by atoms with Crippen LogP contribution in [0.4, 0.5) is 4.39 Å². The van der Waals surface area contributed by atoms with Crippen molar-refractivity contribution in [1.82, 2.24) is 4.90 Å². The highest BCUT2D eigenvalue weighted by molar-refractivity contribution is 6.12. The third-order valence-electron chi connectivity index (χ3n) is 6.46. The van der Waals surface area contributed by atoms with E-state index in [2.05, 4.69) is 4.90 Å². The molecule has 0 aromatic heterocycles. The first-order valence-electron chi connectivity index (χ1n) is 10.3. The Morgan fingerprint density at radius 2 is 2.00 bits per heavy atom. The van der Waals surface area contributed by atoms with E-state index in [4.69, 9.17) is 9.47 Å². The van der Waals surface area contributed by atoms with Crippen LogP contribution in [0.25, 0.3) is 21.5 Å². The molecule has 30 heavy (non-hydrogen) atoms. The Morgan fingerprint density at radius 1 is 1.20 bits per heavy atom. The fraction of sp³-hybridized carbons (Fsp3) is 0.375. The number of fused-ring (bicyclic) bond motifs is 7. The Morgan fingerprint density at radius 3 is 2.73 bits per heavy atom. The van der Waals surface area contributed by atoms with Gasteiger partial charge in [-0.25, -0.2) is 4.39 Å². The summed E-state index contributed by atoms with van der Waals surface area (Å²) in [7, 11) is 1.57. The summed E-state index contributed by atoms with van der Waals surface area (Å²) in [5.41, 5.74) is 2.37. The van der Waals surface area contributed by atoms with Crippen molar-refractivity contribution in [2.24, 2.45) is 0 Å². The second-order valence-electron chi connectivity index (χ2n) is 8.14. The predicted molar refractivity (Wildman–Crippen MR) is 113 cm³/mol. The predicted octanol–water partition coefficient (Wildman–Crippen LogP) is 4.41. The largest absolute Gasteiger partial charge is 0.496 e. The number of carbonyl (C=O) groups is 1. The number of aliphatic hydroxyl groups excluding tert-OH is 1. The van der Waals surface area contributed by atoms with E-state index in [0.717, 1.165) is 52.1 Å². The number of hydrogen-bond donors (Lipinski definition) is 1. The minimum absolute atomic E-state index is 0.0927. The van der Waals surface area contributed by atoms with Crippen LogP contribution in [-0.2, 0) is 17.9 Å². The summed E-state index contributed by atoms with van der Waals surface area (Å²) in [6, 6.07) is 9.08. The number of aliphatic hydroxyl groups is 1. The third kappa shape index (κ3) is 2.86. The van der Waals surface area contributed by atoms with Crippen LogP contribution in [0.2, 0.25) is 0 Å². The summed E-state index contributed by atoms with van der Waals surface area (Å²) in [6.45, 7) is 2.79. The van der Waals surface area contributed by atoms with Crippen molar-refractivity contribution in [3.8, 4) is 11.5 Å². The van der Waals surface area contributed by atoms with Crippen LogP contribution < -0.4 is 9.47 Å². The average Bonchev–Trinajstić information content (AvgIpc) is 3.21. The number of hydrogen-bond acceptors (Lipinski definition) is 5. The number of alkyl halides is 1. The normalized spacial score (nSPS) is 20.9. The van der Waals surface area contributed by atoms with Gasteiger partial charge in [0.15, 0.2) is 0 Å². The quantitative estimate of drug-likeness (QED) is 0.395. The number of rotatable bonds is 3. The smallest absolute Gasteiger partial charge is 0.308 e. The lowest BCUT2D eigenvalue weighted by Crippen LogP contribution is -2.37. The van der Waals surface area contributed by atoms with Crippen molar-refractivity contribution in [2.45, 2.75) is 45.1 Å². The fourth-order valence-electron chi connectivity index (χ4n) is 5.19. The first kappa shape index (κ1) is 19.3. The molecule has 1 saturated heterocycles. The SMILES string of the molecule is COc1cc2c3c(c4ccc(OC(C)=O)cc4c2cc1CO)C(F)[C@@H]1CCCN1C3. The standard InChI is InChI=1S/C24H24FNO4/c1-13(28)30-15-5-6-16-18(9-15)17-8-14(12-27)22(29-2)10-19(17)20-11-26-7-3-4-21(26)24(25)23(16)20/h5-6,8-10,21,24,27H,3-4,7,11-12H2,1-2H3/t21-,24?/m0/s1. The Balaban J connectivity index is 1.87. The van der Waals surface area contributed by atoms with Gasteiger partial charge in [-0.15, -0.1) is 0 Å². The van der Waals surface area contributed by atoms with Crippen molar-refractivity contribution >= 4 is 27.5 Å². The first-order valence-corrected chi connectivity index (χ1v) is 10.3. The van der Waals surface area contributed by atoms with Crippen LogP contribution in [-0.4, -0.2) is 35.7 Å². The maximum atomic E-state index is 15.8. The topological polar surface area (TPSA) is 59.0 Å². The van der Waals surface area contributed by atoms with Crippen LogP contribution in [0.5, 0.6) is 11.5 Å². The van der Waals surface area contributed by atoms with Gasteiger partial charge < -0.3 is 14.6 Å². The van der Waals surface area contributed by atoms with Gasteiger partial charge in [0, 0.05) is 30.6 Å². The van der Waals surface area contributed by atoms with Gasteiger partial charge in [0.1, 0.15) is 17.7 Å². The second kappa shape index (κ2) is 7.22. The van der Waals surface area contributed by atoms with E-state index >= 15 is 4.39 Å². The van der Waals surface area contributed by atoms with Crippen LogP contribution in [0.1, 0.15) is 42.6 Å². The van der Waals surface area contributed by atoms with E-state index in [1.54, 1.807) is 19.2 Å². The van der Waals surface area contributed by atoms with Gasteiger partial charge in [-0.3, -0.25) is 9.69 Å². The maximum absolute atomic E-state index is 15.8. The number of halogens is 1. The number of methoxy groups -OCH3 is 1. The van der Waals surface area contributed by atoms with E-state index in [9.17, 15) is 9.90 Å². The van der Waals surface area contributed by atoms with Gasteiger partial charge in [-0.1, -0.05) is 6.07 Å². The molecular formula is C24H24FNO4. The zero-order valence-corrected chi connectivity index (χ0v) is 17.1. The Kier molecular flexibility index (Phi) is 4.64. The molecule has 5 rings (SSSR count). The van der Waals surface area contributed by atoms with Crippen LogP contribution in [0, 0.1) is 0 Å². The minimum atomic E-state index is -1.08. The Labute approximate surface area is 174 Å². The van der Waals surface area contributed by atoms with Crippen molar-refractivity contribution in [3.05, 3.63) is 47.0 Å². The van der Waals surface area contributed by atoms with E-state index in [0.29, 0.717) is 23.6 Å². The zero-order valence-electron chi connectivity index (χ0n) is 17.1. The summed E-state index contributed by atoms with van der Waals surface area (Å²) in [6.07, 6.45) is 0.786. The minimum Gasteiger partial charge on any atom is -0.496 e. The molecule has 2 aliphatic heterocycles. The second-order valence-corrected chi connectivity index (χ2v) is 8.14. The van der Waals surface area contributed by atoms with E-state index in [-0.39, 0.29) is 12.6 Å². The molecule has 1 fully saturated rings. The monoisotopic (exact) mass is 409 g/mol. The zero-order chi connectivity index (χ0) is 21.0. The summed E-state index contributed by atoms with van der Waals surface area (Å²) >= 11 is 0. The van der Waals surface area contributed by atoms with Gasteiger partial charge in [0.25, 0.3) is 0 Å². The highest BCUT2D eigenvalue weighted by atomic mass is 19.1. The first-order chi connectivity index (χ1) is 14.5. The lowest BCUT2D eigenvalue weighted by atomic mass is 9.83. The molecule has 0 amide bonds. The Bertz CT molecular complexity index is 1180. The molecule has 0 spiro atoms. The average molecular weight is 409 g/mol. The lowest BCUT2D eigenvalue weighted by molar-refractivity contribution is -0.131. The molecule has 156 valence electrons. The molecule has 3 aromatic carbocycles. The van der Waals surface area contributed by atoms with Gasteiger partial charge in [-0.05, 0) is 70.8 Å². The van der Waals surface area contributed by atoms with E-state index < -0.39 is 12.1 Å². The van der Waals surface area contributed by atoms with Gasteiger partial charge in [-0.2, -0.15) is 0 Å². The summed E-state index contributed by atoms with van der Waals surface area (Å²) in [4.78, 5) is 13.7.